The normalized spacial score (nSPS) is 10.8. The number of hydrogen-bond donors (Lipinski definition) is 2. The van der Waals surface area contributed by atoms with E-state index in [4.69, 9.17) is 11.6 Å². The second-order valence-electron chi connectivity index (χ2n) is 4.22. The van der Waals surface area contributed by atoms with Gasteiger partial charge in [0.2, 0.25) is 0 Å². The fraction of sp³-hybridized carbons (Fsp3) is 0. The molecule has 106 valence electrons. The monoisotopic (exact) mass is 322 g/mol. The number of amides is 1. The highest BCUT2D eigenvalue weighted by Gasteiger charge is 2.15. The molecule has 21 heavy (non-hydrogen) atoms. The molecule has 0 atom stereocenters. The predicted molar refractivity (Wildman–Crippen MR) is 80.6 cm³/mol. The lowest BCUT2D eigenvalue weighted by Crippen LogP contribution is -2.11. The Bertz CT molecular complexity index is 850. The molecule has 0 aliphatic heterocycles. The summed E-state index contributed by atoms with van der Waals surface area (Å²) in [4.78, 5) is 16.1. The largest absolute Gasteiger partial charge is 0.507 e. The average molecular weight is 323 g/mol. The van der Waals surface area contributed by atoms with Crippen LogP contribution in [0, 0.1) is 5.82 Å². The Balaban J connectivity index is 1.93. The lowest BCUT2D eigenvalue weighted by molar-refractivity contribution is 0.102. The summed E-state index contributed by atoms with van der Waals surface area (Å²) >= 11 is 6.94. The van der Waals surface area contributed by atoms with Crippen molar-refractivity contribution in [2.45, 2.75) is 0 Å². The van der Waals surface area contributed by atoms with Crippen molar-refractivity contribution < 1.29 is 14.3 Å². The number of phenolic OH excluding ortho intramolecular Hbond substituents is 1. The Morgan fingerprint density at radius 1 is 1.33 bits per heavy atom. The first-order valence-corrected chi connectivity index (χ1v) is 7.09. The average Bonchev–Trinajstić information content (AvgIpc) is 2.85. The van der Waals surface area contributed by atoms with Crippen LogP contribution in [-0.4, -0.2) is 16.0 Å². The Morgan fingerprint density at radius 2 is 2.14 bits per heavy atom. The van der Waals surface area contributed by atoms with Crippen LogP contribution >= 0.6 is 22.9 Å². The fourth-order valence-corrected chi connectivity index (χ4v) is 2.87. The molecule has 0 aliphatic carbocycles. The molecule has 0 unspecified atom stereocenters. The Morgan fingerprint density at radius 3 is 2.90 bits per heavy atom. The SMILES string of the molecule is O=C(Nc1nc2c(F)cccc2s1)c1cc(Cl)ccc1O. The first-order valence-electron chi connectivity index (χ1n) is 5.89. The van der Waals surface area contributed by atoms with Crippen molar-refractivity contribution in [1.29, 1.82) is 0 Å². The van der Waals surface area contributed by atoms with Crippen LogP contribution in [-0.2, 0) is 0 Å². The maximum Gasteiger partial charge on any atom is 0.261 e. The van der Waals surface area contributed by atoms with Gasteiger partial charge in [-0.25, -0.2) is 9.37 Å². The van der Waals surface area contributed by atoms with Gasteiger partial charge in [0.15, 0.2) is 5.13 Å². The van der Waals surface area contributed by atoms with Gasteiger partial charge in [0, 0.05) is 5.02 Å². The van der Waals surface area contributed by atoms with Crippen molar-refractivity contribution in [3.63, 3.8) is 0 Å². The van der Waals surface area contributed by atoms with Gasteiger partial charge in [0.25, 0.3) is 5.91 Å². The molecule has 3 aromatic rings. The third-order valence-corrected chi connectivity index (χ3v) is 3.96. The number of nitrogens with one attached hydrogen (secondary N) is 1. The quantitative estimate of drug-likeness (QED) is 0.748. The lowest BCUT2D eigenvalue weighted by Gasteiger charge is -2.04. The highest BCUT2D eigenvalue weighted by atomic mass is 35.5. The molecule has 7 heteroatoms. The van der Waals surface area contributed by atoms with E-state index < -0.39 is 11.7 Å². The predicted octanol–water partition coefficient (Wildman–Crippen LogP) is 4.05. The van der Waals surface area contributed by atoms with Crippen molar-refractivity contribution in [3.05, 3.63) is 52.8 Å². The van der Waals surface area contributed by atoms with E-state index in [9.17, 15) is 14.3 Å². The molecule has 1 heterocycles. The lowest BCUT2D eigenvalue weighted by atomic mass is 10.2. The molecule has 0 bridgehead atoms. The van der Waals surface area contributed by atoms with Gasteiger partial charge in [-0.1, -0.05) is 29.0 Å². The molecule has 0 fully saturated rings. The van der Waals surface area contributed by atoms with Gasteiger partial charge in [-0.2, -0.15) is 0 Å². The van der Waals surface area contributed by atoms with Crippen LogP contribution in [0.25, 0.3) is 10.2 Å². The number of phenols is 1. The molecular weight excluding hydrogens is 315 g/mol. The molecule has 0 saturated carbocycles. The second-order valence-corrected chi connectivity index (χ2v) is 5.69. The number of halogens is 2. The Hall–Kier alpha value is -2.18. The molecule has 0 aliphatic rings. The summed E-state index contributed by atoms with van der Waals surface area (Å²) in [6, 6.07) is 8.74. The van der Waals surface area contributed by atoms with Gasteiger partial charge in [0.05, 0.1) is 10.3 Å². The van der Waals surface area contributed by atoms with Crippen molar-refractivity contribution in [3.8, 4) is 5.75 Å². The van der Waals surface area contributed by atoms with E-state index >= 15 is 0 Å². The molecular formula is C14H8ClFN2O2S. The molecule has 2 N–H and O–H groups in total. The van der Waals surface area contributed by atoms with Gasteiger partial charge in [-0.05, 0) is 30.3 Å². The van der Waals surface area contributed by atoms with Crippen molar-refractivity contribution in [2.24, 2.45) is 0 Å². The number of aromatic hydroxyl groups is 1. The van der Waals surface area contributed by atoms with E-state index in [-0.39, 0.29) is 22.0 Å². The fourth-order valence-electron chi connectivity index (χ4n) is 1.82. The second kappa shape index (κ2) is 5.31. The Labute approximate surface area is 127 Å². The summed E-state index contributed by atoms with van der Waals surface area (Å²) in [5, 5.41) is 12.8. The van der Waals surface area contributed by atoms with Crippen LogP contribution in [0.5, 0.6) is 5.75 Å². The van der Waals surface area contributed by atoms with Crippen LogP contribution < -0.4 is 5.32 Å². The van der Waals surface area contributed by atoms with E-state index in [0.717, 1.165) is 11.3 Å². The number of thiazole rings is 1. The number of rotatable bonds is 2. The third kappa shape index (κ3) is 2.68. The van der Waals surface area contributed by atoms with Gasteiger partial charge in [-0.15, -0.1) is 0 Å². The van der Waals surface area contributed by atoms with Crippen LogP contribution in [0.15, 0.2) is 36.4 Å². The first kappa shape index (κ1) is 13.8. The highest BCUT2D eigenvalue weighted by molar-refractivity contribution is 7.22. The molecule has 1 aromatic heterocycles. The van der Waals surface area contributed by atoms with Gasteiger partial charge in [0.1, 0.15) is 17.1 Å². The highest BCUT2D eigenvalue weighted by Crippen LogP contribution is 2.29. The molecule has 3 rings (SSSR count). The van der Waals surface area contributed by atoms with Crippen LogP contribution in [0.2, 0.25) is 5.02 Å². The maximum absolute atomic E-state index is 13.6. The summed E-state index contributed by atoms with van der Waals surface area (Å²) in [6.45, 7) is 0. The van der Waals surface area contributed by atoms with Crippen LogP contribution in [0.4, 0.5) is 9.52 Å². The minimum Gasteiger partial charge on any atom is -0.507 e. The number of para-hydroxylation sites is 1. The number of anilines is 1. The maximum atomic E-state index is 13.6. The van der Waals surface area contributed by atoms with Crippen molar-refractivity contribution in [1.82, 2.24) is 4.98 Å². The summed E-state index contributed by atoms with van der Waals surface area (Å²) < 4.78 is 14.2. The zero-order chi connectivity index (χ0) is 15.0. The number of hydrogen-bond acceptors (Lipinski definition) is 4. The molecule has 0 spiro atoms. The topological polar surface area (TPSA) is 62.2 Å². The van der Waals surface area contributed by atoms with Crippen molar-refractivity contribution in [2.75, 3.05) is 5.32 Å². The molecule has 4 nitrogen and oxygen atoms in total. The van der Waals surface area contributed by atoms with E-state index in [0.29, 0.717) is 9.72 Å². The number of nitrogens with zero attached hydrogens (tertiary/aromatic N) is 1. The van der Waals surface area contributed by atoms with E-state index in [1.165, 1.54) is 24.3 Å². The number of carbonyl (C=O) groups excluding carboxylic acids is 1. The zero-order valence-corrected chi connectivity index (χ0v) is 12.0. The van der Waals surface area contributed by atoms with Crippen molar-refractivity contribution >= 4 is 44.2 Å². The van der Waals surface area contributed by atoms with Gasteiger partial charge < -0.3 is 5.11 Å². The minimum absolute atomic E-state index is 0.0298. The summed E-state index contributed by atoms with van der Waals surface area (Å²) in [5.74, 6) is -1.20. The summed E-state index contributed by atoms with van der Waals surface area (Å²) in [6.07, 6.45) is 0. The van der Waals surface area contributed by atoms with E-state index in [1.54, 1.807) is 12.1 Å². The van der Waals surface area contributed by atoms with Crippen LogP contribution in [0.1, 0.15) is 10.4 Å². The third-order valence-electron chi connectivity index (χ3n) is 2.79. The smallest absolute Gasteiger partial charge is 0.261 e. The minimum atomic E-state index is -0.561. The summed E-state index contributed by atoms with van der Waals surface area (Å²) in [7, 11) is 0. The van der Waals surface area contributed by atoms with Crippen LogP contribution in [0.3, 0.4) is 0 Å². The zero-order valence-electron chi connectivity index (χ0n) is 10.4. The summed E-state index contributed by atoms with van der Waals surface area (Å²) in [5.41, 5.74) is 0.232. The number of aromatic nitrogens is 1. The number of carbonyl (C=O) groups is 1. The van der Waals surface area contributed by atoms with E-state index in [1.807, 2.05) is 0 Å². The molecule has 1 amide bonds. The van der Waals surface area contributed by atoms with Gasteiger partial charge in [-0.3, -0.25) is 10.1 Å². The molecule has 0 saturated heterocycles. The number of benzene rings is 2. The van der Waals surface area contributed by atoms with Gasteiger partial charge >= 0.3 is 0 Å². The Kier molecular flexibility index (Phi) is 3.48. The molecule has 2 aromatic carbocycles. The molecule has 0 radical (unpaired) electrons. The standard InChI is InChI=1S/C14H8ClFN2O2S/c15-7-4-5-10(19)8(6-7)13(20)18-14-17-12-9(16)2-1-3-11(12)21-14/h1-6,19H,(H,17,18,20). The first-order chi connectivity index (χ1) is 10.0. The number of fused-ring (bicyclic) bond motifs is 1. The van der Waals surface area contributed by atoms with E-state index in [2.05, 4.69) is 10.3 Å².